The van der Waals surface area contributed by atoms with Gasteiger partial charge < -0.3 is 5.11 Å². The molecule has 0 aliphatic carbocycles. The van der Waals surface area contributed by atoms with Crippen LogP contribution in [0.25, 0.3) is 0 Å². The topological polar surface area (TPSA) is 66.4 Å². The van der Waals surface area contributed by atoms with Crippen molar-refractivity contribution in [3.63, 3.8) is 0 Å². The van der Waals surface area contributed by atoms with Crippen LogP contribution in [0.3, 0.4) is 0 Å². The molecular weight excluding hydrogens is 274 g/mol. The van der Waals surface area contributed by atoms with Gasteiger partial charge in [0.2, 0.25) is 10.0 Å². The van der Waals surface area contributed by atoms with Crippen molar-refractivity contribution in [3.05, 3.63) is 29.8 Å². The Balaban J connectivity index is 2.96. The van der Waals surface area contributed by atoms with Gasteiger partial charge in [0, 0.05) is 6.42 Å². The van der Waals surface area contributed by atoms with Crippen LogP contribution in [0.1, 0.15) is 32.8 Å². The average molecular weight is 295 g/mol. The summed E-state index contributed by atoms with van der Waals surface area (Å²) < 4.78 is 26.7. The van der Waals surface area contributed by atoms with Crippen molar-refractivity contribution < 1.29 is 13.5 Å². The molecule has 0 bridgehead atoms. The molecule has 0 amide bonds. The Hall–Kier alpha value is -1.35. The molecule has 0 aliphatic heterocycles. The molecule has 110 valence electrons. The number of benzene rings is 1. The molecule has 1 atom stereocenters. The summed E-state index contributed by atoms with van der Waals surface area (Å²) in [4.78, 5) is 0.168. The summed E-state index contributed by atoms with van der Waals surface area (Å²) in [5.41, 5.74) is 1.02. The van der Waals surface area contributed by atoms with Crippen LogP contribution < -0.4 is 4.72 Å². The van der Waals surface area contributed by atoms with Crippen molar-refractivity contribution in [2.75, 3.05) is 6.61 Å². The van der Waals surface area contributed by atoms with E-state index in [1.54, 1.807) is 24.3 Å². The first-order chi connectivity index (χ1) is 9.20. The van der Waals surface area contributed by atoms with Crippen molar-refractivity contribution in [1.29, 1.82) is 0 Å². The molecule has 0 aromatic heterocycles. The predicted molar refractivity (Wildman–Crippen MR) is 79.8 cm³/mol. The molecule has 0 aliphatic rings. The highest BCUT2D eigenvalue weighted by molar-refractivity contribution is 7.89. The SMILES string of the molecule is C#CCC(CO)NS(=O)(=O)c1ccc(C(C)(C)C)cc1. The van der Waals surface area contributed by atoms with Crippen LogP contribution >= 0.6 is 0 Å². The number of sulfonamides is 1. The summed E-state index contributed by atoms with van der Waals surface area (Å²) in [6, 6.07) is 6.06. The van der Waals surface area contributed by atoms with Gasteiger partial charge in [0.15, 0.2) is 0 Å². The second-order valence-electron chi connectivity index (χ2n) is 5.68. The van der Waals surface area contributed by atoms with Gasteiger partial charge in [-0.15, -0.1) is 12.3 Å². The maximum Gasteiger partial charge on any atom is 0.240 e. The number of rotatable bonds is 5. The van der Waals surface area contributed by atoms with Gasteiger partial charge in [-0.1, -0.05) is 32.9 Å². The third-order valence-electron chi connectivity index (χ3n) is 2.94. The Labute approximate surface area is 121 Å². The van der Waals surface area contributed by atoms with Crippen LogP contribution in [-0.4, -0.2) is 26.2 Å². The van der Waals surface area contributed by atoms with E-state index in [9.17, 15) is 8.42 Å². The lowest BCUT2D eigenvalue weighted by atomic mass is 9.87. The van der Waals surface area contributed by atoms with E-state index >= 15 is 0 Å². The minimum atomic E-state index is -3.66. The predicted octanol–water partition coefficient (Wildman–Crippen LogP) is 1.65. The van der Waals surface area contributed by atoms with E-state index in [-0.39, 0.29) is 23.3 Å². The monoisotopic (exact) mass is 295 g/mol. The molecule has 2 N–H and O–H groups in total. The molecule has 1 aromatic carbocycles. The zero-order valence-corrected chi connectivity index (χ0v) is 12.9. The van der Waals surface area contributed by atoms with Gasteiger partial charge in [-0.2, -0.15) is 0 Å². The third-order valence-corrected chi connectivity index (χ3v) is 4.47. The fourth-order valence-corrected chi connectivity index (χ4v) is 2.93. The van der Waals surface area contributed by atoms with E-state index in [2.05, 4.69) is 31.4 Å². The van der Waals surface area contributed by atoms with E-state index in [4.69, 9.17) is 11.5 Å². The lowest BCUT2D eigenvalue weighted by Crippen LogP contribution is -2.37. The Morgan fingerprint density at radius 1 is 1.30 bits per heavy atom. The van der Waals surface area contributed by atoms with Crippen LogP contribution in [0.15, 0.2) is 29.2 Å². The third kappa shape index (κ3) is 4.34. The highest BCUT2D eigenvalue weighted by atomic mass is 32.2. The van der Waals surface area contributed by atoms with Gasteiger partial charge in [-0.25, -0.2) is 13.1 Å². The van der Waals surface area contributed by atoms with Gasteiger partial charge >= 0.3 is 0 Å². The highest BCUT2D eigenvalue weighted by Crippen LogP contribution is 2.23. The molecule has 5 heteroatoms. The van der Waals surface area contributed by atoms with Crippen LogP contribution in [0.5, 0.6) is 0 Å². The second-order valence-corrected chi connectivity index (χ2v) is 7.40. The number of hydrogen-bond donors (Lipinski definition) is 2. The quantitative estimate of drug-likeness (QED) is 0.812. The number of aliphatic hydroxyl groups excluding tert-OH is 1. The van der Waals surface area contributed by atoms with Gasteiger partial charge in [0.1, 0.15) is 0 Å². The largest absolute Gasteiger partial charge is 0.395 e. The zero-order chi connectivity index (χ0) is 15.4. The first-order valence-electron chi connectivity index (χ1n) is 6.38. The fourth-order valence-electron chi connectivity index (χ4n) is 1.71. The maximum atomic E-state index is 12.1. The summed E-state index contributed by atoms with van der Waals surface area (Å²) in [5, 5.41) is 9.10. The Morgan fingerprint density at radius 2 is 1.85 bits per heavy atom. The molecule has 1 rings (SSSR count). The van der Waals surface area contributed by atoms with E-state index < -0.39 is 16.1 Å². The van der Waals surface area contributed by atoms with E-state index in [1.807, 2.05) is 0 Å². The summed E-state index contributed by atoms with van der Waals surface area (Å²) in [5.74, 6) is 2.33. The van der Waals surface area contributed by atoms with E-state index in [0.717, 1.165) is 5.56 Å². The van der Waals surface area contributed by atoms with Crippen LogP contribution in [-0.2, 0) is 15.4 Å². The molecule has 0 fully saturated rings. The number of terminal acetylenes is 1. The number of hydrogen-bond acceptors (Lipinski definition) is 3. The van der Waals surface area contributed by atoms with Gasteiger partial charge in [-0.05, 0) is 23.1 Å². The lowest BCUT2D eigenvalue weighted by Gasteiger charge is -2.19. The summed E-state index contributed by atoms with van der Waals surface area (Å²) in [7, 11) is -3.66. The Kier molecular flexibility index (Phi) is 5.35. The van der Waals surface area contributed by atoms with Crippen molar-refractivity contribution in [1.82, 2.24) is 4.72 Å². The Bertz CT molecular complexity index is 577. The molecule has 0 saturated carbocycles. The summed E-state index contributed by atoms with van der Waals surface area (Å²) >= 11 is 0. The summed E-state index contributed by atoms with van der Waals surface area (Å²) in [6.07, 6.45) is 5.28. The van der Waals surface area contributed by atoms with Gasteiger partial charge in [-0.3, -0.25) is 0 Å². The van der Waals surface area contributed by atoms with Crippen LogP contribution in [0.2, 0.25) is 0 Å². The molecule has 20 heavy (non-hydrogen) atoms. The molecule has 0 radical (unpaired) electrons. The van der Waals surface area contributed by atoms with Crippen molar-refractivity contribution in [3.8, 4) is 12.3 Å². The fraction of sp³-hybridized carbons (Fsp3) is 0.467. The standard InChI is InChI=1S/C15H21NO3S/c1-5-6-13(11-17)16-20(18,19)14-9-7-12(8-10-14)15(2,3)4/h1,7-10,13,16-17H,6,11H2,2-4H3. The van der Waals surface area contributed by atoms with E-state index in [0.29, 0.717) is 0 Å². The molecule has 1 unspecified atom stereocenters. The second kappa shape index (κ2) is 6.40. The molecule has 0 spiro atoms. The molecular formula is C15H21NO3S. The number of aliphatic hydroxyl groups is 1. The minimum absolute atomic E-state index is 0.0349. The molecule has 4 nitrogen and oxygen atoms in total. The van der Waals surface area contributed by atoms with Crippen molar-refractivity contribution in [2.24, 2.45) is 0 Å². The minimum Gasteiger partial charge on any atom is -0.395 e. The highest BCUT2D eigenvalue weighted by Gasteiger charge is 2.20. The first-order valence-corrected chi connectivity index (χ1v) is 7.86. The molecule has 0 saturated heterocycles. The van der Waals surface area contributed by atoms with Crippen molar-refractivity contribution >= 4 is 10.0 Å². The average Bonchev–Trinajstić information content (AvgIpc) is 2.37. The maximum absolute atomic E-state index is 12.1. The zero-order valence-electron chi connectivity index (χ0n) is 12.1. The summed E-state index contributed by atoms with van der Waals surface area (Å²) in [6.45, 7) is 5.85. The van der Waals surface area contributed by atoms with Crippen molar-refractivity contribution in [2.45, 2.75) is 43.5 Å². The molecule has 1 aromatic rings. The van der Waals surface area contributed by atoms with Gasteiger partial charge in [0.25, 0.3) is 0 Å². The smallest absolute Gasteiger partial charge is 0.240 e. The van der Waals surface area contributed by atoms with Crippen LogP contribution in [0.4, 0.5) is 0 Å². The number of nitrogens with one attached hydrogen (secondary N) is 1. The lowest BCUT2D eigenvalue weighted by molar-refractivity contribution is 0.258. The molecule has 0 heterocycles. The Morgan fingerprint density at radius 3 is 2.25 bits per heavy atom. The first kappa shape index (κ1) is 16.7. The normalized spacial score (nSPS) is 13.8. The van der Waals surface area contributed by atoms with E-state index in [1.165, 1.54) is 0 Å². The van der Waals surface area contributed by atoms with Gasteiger partial charge in [0.05, 0.1) is 17.5 Å². The van der Waals surface area contributed by atoms with Crippen LogP contribution in [0, 0.1) is 12.3 Å².